The molecule has 1 aliphatic rings. The number of nitrogens with zero attached hydrogens (tertiary/aromatic N) is 4. The van der Waals surface area contributed by atoms with E-state index in [4.69, 9.17) is 14.5 Å². The summed E-state index contributed by atoms with van der Waals surface area (Å²) in [7, 11) is 1.58. The van der Waals surface area contributed by atoms with Crippen molar-refractivity contribution in [1.82, 2.24) is 14.5 Å². The largest absolute Gasteiger partial charge is 0.497 e. The summed E-state index contributed by atoms with van der Waals surface area (Å²) in [4.78, 5) is 33.4. The second kappa shape index (κ2) is 8.82. The molecule has 0 saturated carbocycles. The van der Waals surface area contributed by atoms with E-state index in [1.165, 1.54) is 4.57 Å². The first kappa shape index (κ1) is 23.3. The molecule has 1 fully saturated rings. The predicted molar refractivity (Wildman–Crippen MR) is 128 cm³/mol. The van der Waals surface area contributed by atoms with Gasteiger partial charge < -0.3 is 9.47 Å². The average Bonchev–Trinajstić information content (AvgIpc) is 3.28. The summed E-state index contributed by atoms with van der Waals surface area (Å²) in [5.41, 5.74) is 1.33. The van der Waals surface area contributed by atoms with Crippen molar-refractivity contribution >= 4 is 17.0 Å². The molecule has 0 bridgehead atoms. The first-order valence-electron chi connectivity index (χ1n) is 11.2. The van der Waals surface area contributed by atoms with Gasteiger partial charge in [-0.25, -0.2) is 9.78 Å². The minimum Gasteiger partial charge on any atom is -0.497 e. The van der Waals surface area contributed by atoms with Gasteiger partial charge in [0.2, 0.25) is 0 Å². The number of hydrogen-bond donors (Lipinski definition) is 0. The summed E-state index contributed by atoms with van der Waals surface area (Å²) >= 11 is 0. The molecule has 2 heterocycles. The van der Waals surface area contributed by atoms with E-state index in [2.05, 4.69) is 6.07 Å². The molecular formula is C26H28N4O4. The molecular weight excluding hydrogens is 432 g/mol. The van der Waals surface area contributed by atoms with E-state index in [0.29, 0.717) is 46.7 Å². The number of likely N-dealkylation sites (tertiary alicyclic amines) is 1. The monoisotopic (exact) mass is 460 g/mol. The highest BCUT2D eigenvalue weighted by Gasteiger charge is 2.36. The smallest absolute Gasteiger partial charge is 0.410 e. The summed E-state index contributed by atoms with van der Waals surface area (Å²) in [6, 6.07) is 12.1. The number of ether oxygens (including phenoxy) is 2. The number of nitriles is 1. The Morgan fingerprint density at radius 1 is 1.21 bits per heavy atom. The number of fused-ring (bicyclic) bond motifs is 1. The van der Waals surface area contributed by atoms with E-state index in [1.54, 1.807) is 48.4 Å². The van der Waals surface area contributed by atoms with Crippen molar-refractivity contribution in [2.75, 3.05) is 13.7 Å². The van der Waals surface area contributed by atoms with Gasteiger partial charge in [0.15, 0.2) is 0 Å². The highest BCUT2D eigenvalue weighted by Crippen LogP contribution is 2.34. The van der Waals surface area contributed by atoms with Gasteiger partial charge in [-0.2, -0.15) is 5.26 Å². The first-order valence-corrected chi connectivity index (χ1v) is 11.2. The predicted octanol–water partition coefficient (Wildman–Crippen LogP) is 4.65. The molecule has 4 rings (SSSR count). The molecule has 176 valence electrons. The average molecular weight is 461 g/mol. The SMILES string of the molecule is COc1ccc(-n2c([C@@H]3CCCN3C(=O)OC(C)(C)C)nc3c(C)cc(C#N)cc3c2=O)cc1. The van der Waals surface area contributed by atoms with Gasteiger partial charge >= 0.3 is 6.09 Å². The van der Waals surface area contributed by atoms with Crippen LogP contribution in [0.15, 0.2) is 41.2 Å². The summed E-state index contributed by atoms with van der Waals surface area (Å²) in [6.07, 6.45) is 0.998. The van der Waals surface area contributed by atoms with Crippen LogP contribution < -0.4 is 10.3 Å². The Morgan fingerprint density at radius 2 is 1.91 bits per heavy atom. The van der Waals surface area contributed by atoms with Crippen LogP contribution in [0.1, 0.15) is 56.6 Å². The van der Waals surface area contributed by atoms with Crippen molar-refractivity contribution in [3.8, 4) is 17.5 Å². The summed E-state index contributed by atoms with van der Waals surface area (Å²) in [6.45, 7) is 7.83. The van der Waals surface area contributed by atoms with Crippen LogP contribution in [-0.4, -0.2) is 39.8 Å². The molecule has 0 spiro atoms. The van der Waals surface area contributed by atoms with Crippen LogP contribution in [0.2, 0.25) is 0 Å². The van der Waals surface area contributed by atoms with Gasteiger partial charge in [-0.15, -0.1) is 0 Å². The fourth-order valence-corrected chi connectivity index (χ4v) is 4.32. The molecule has 0 unspecified atom stereocenters. The van der Waals surface area contributed by atoms with Gasteiger partial charge in [0, 0.05) is 6.54 Å². The van der Waals surface area contributed by atoms with E-state index in [-0.39, 0.29) is 5.56 Å². The van der Waals surface area contributed by atoms with Gasteiger partial charge in [-0.1, -0.05) is 0 Å². The van der Waals surface area contributed by atoms with Crippen LogP contribution in [0.3, 0.4) is 0 Å². The minimum atomic E-state index is -0.638. The molecule has 3 aromatic rings. The van der Waals surface area contributed by atoms with E-state index < -0.39 is 17.7 Å². The van der Waals surface area contributed by atoms with Gasteiger partial charge in [0.1, 0.15) is 17.2 Å². The van der Waals surface area contributed by atoms with Crippen molar-refractivity contribution < 1.29 is 14.3 Å². The van der Waals surface area contributed by atoms with Crippen LogP contribution in [-0.2, 0) is 4.74 Å². The van der Waals surface area contributed by atoms with E-state index in [0.717, 1.165) is 12.0 Å². The molecule has 1 atom stereocenters. The van der Waals surface area contributed by atoms with Crippen LogP contribution in [0.5, 0.6) is 5.75 Å². The molecule has 8 nitrogen and oxygen atoms in total. The Hall–Kier alpha value is -3.86. The molecule has 8 heteroatoms. The molecule has 1 saturated heterocycles. The third kappa shape index (κ3) is 4.34. The topological polar surface area (TPSA) is 97.4 Å². The quantitative estimate of drug-likeness (QED) is 0.565. The standard InChI is InChI=1S/C26H28N4O4/c1-16-13-17(15-27)14-20-22(16)28-23(21-7-6-12-29(21)25(32)34-26(2,3)4)30(24(20)31)18-8-10-19(33-5)11-9-18/h8-11,13-14,21H,6-7,12H2,1-5H3/t21-/m0/s1. The molecule has 1 aromatic heterocycles. The van der Waals surface area contributed by atoms with Gasteiger partial charge in [0.05, 0.1) is 41.4 Å². The normalized spacial score (nSPS) is 15.9. The molecule has 34 heavy (non-hydrogen) atoms. The highest BCUT2D eigenvalue weighted by molar-refractivity contribution is 5.83. The Balaban J connectivity index is 1.96. The zero-order valence-corrected chi connectivity index (χ0v) is 20.1. The van der Waals surface area contributed by atoms with E-state index >= 15 is 0 Å². The van der Waals surface area contributed by atoms with E-state index in [9.17, 15) is 14.9 Å². The number of amides is 1. The fourth-order valence-electron chi connectivity index (χ4n) is 4.32. The van der Waals surface area contributed by atoms with Crippen LogP contribution in [0.25, 0.3) is 16.6 Å². The number of rotatable bonds is 3. The maximum Gasteiger partial charge on any atom is 0.410 e. The molecule has 0 N–H and O–H groups in total. The highest BCUT2D eigenvalue weighted by atomic mass is 16.6. The molecule has 1 aliphatic heterocycles. The maximum atomic E-state index is 13.8. The lowest BCUT2D eigenvalue weighted by molar-refractivity contribution is 0.0216. The molecule has 2 aromatic carbocycles. The van der Waals surface area contributed by atoms with Crippen molar-refractivity contribution in [3.05, 3.63) is 63.7 Å². The van der Waals surface area contributed by atoms with Crippen LogP contribution in [0.4, 0.5) is 4.79 Å². The van der Waals surface area contributed by atoms with Gasteiger partial charge in [0.25, 0.3) is 5.56 Å². The maximum absolute atomic E-state index is 13.8. The molecule has 0 radical (unpaired) electrons. The number of aryl methyl sites for hydroxylation is 1. The Labute approximate surface area is 198 Å². The molecule has 1 amide bonds. The number of carbonyl (C=O) groups excluding carboxylic acids is 1. The molecule has 0 aliphatic carbocycles. The van der Waals surface area contributed by atoms with Gasteiger partial charge in [-0.05, 0) is 82.5 Å². The first-order chi connectivity index (χ1) is 16.1. The number of carbonyl (C=O) groups is 1. The zero-order chi connectivity index (χ0) is 24.6. The number of aromatic nitrogens is 2. The van der Waals surface area contributed by atoms with Crippen molar-refractivity contribution in [3.63, 3.8) is 0 Å². The number of methoxy groups -OCH3 is 1. The van der Waals surface area contributed by atoms with Crippen LogP contribution >= 0.6 is 0 Å². The Morgan fingerprint density at radius 3 is 2.53 bits per heavy atom. The van der Waals surface area contributed by atoms with Crippen molar-refractivity contribution in [2.24, 2.45) is 0 Å². The fraction of sp³-hybridized carbons (Fsp3) is 0.385. The van der Waals surface area contributed by atoms with Gasteiger partial charge in [-0.3, -0.25) is 14.3 Å². The Kier molecular flexibility index (Phi) is 6.05. The number of hydrogen-bond acceptors (Lipinski definition) is 6. The van der Waals surface area contributed by atoms with E-state index in [1.807, 2.05) is 27.7 Å². The van der Waals surface area contributed by atoms with Crippen molar-refractivity contribution in [2.45, 2.75) is 52.2 Å². The van der Waals surface area contributed by atoms with Crippen molar-refractivity contribution in [1.29, 1.82) is 5.26 Å². The third-order valence-corrected chi connectivity index (χ3v) is 5.83. The third-order valence-electron chi connectivity index (χ3n) is 5.83. The Bertz CT molecular complexity index is 1350. The lowest BCUT2D eigenvalue weighted by Gasteiger charge is -2.29. The summed E-state index contributed by atoms with van der Waals surface area (Å²) in [5.74, 6) is 1.13. The summed E-state index contributed by atoms with van der Waals surface area (Å²) in [5, 5.41) is 9.78. The zero-order valence-electron chi connectivity index (χ0n) is 20.1. The lowest BCUT2D eigenvalue weighted by atomic mass is 10.1. The second-order valence-electron chi connectivity index (χ2n) is 9.44. The van der Waals surface area contributed by atoms with Crippen LogP contribution in [0, 0.1) is 18.3 Å². The lowest BCUT2D eigenvalue weighted by Crippen LogP contribution is -2.38. The summed E-state index contributed by atoms with van der Waals surface area (Å²) < 4.78 is 12.4. The second-order valence-corrected chi connectivity index (χ2v) is 9.44. The number of benzene rings is 2. The minimum absolute atomic E-state index is 0.290.